The van der Waals surface area contributed by atoms with E-state index in [0.29, 0.717) is 28.2 Å². The Kier molecular flexibility index (Phi) is 9.26. The highest BCUT2D eigenvalue weighted by atomic mass is 19.4. The lowest BCUT2D eigenvalue weighted by molar-refractivity contribution is -0.137. The van der Waals surface area contributed by atoms with E-state index < -0.39 is 23.7 Å². The Hall–Kier alpha value is -5.05. The first kappa shape index (κ1) is 27.5. The Morgan fingerprint density at radius 3 is 1.53 bits per heavy atom. The monoisotopic (exact) mass is 522 g/mol. The van der Waals surface area contributed by atoms with E-state index in [0.717, 1.165) is 43.3 Å². The normalized spacial score (nSPS) is 11.2. The van der Waals surface area contributed by atoms with Crippen molar-refractivity contribution in [3.05, 3.63) is 123 Å². The number of ether oxygens (including phenoxy) is 4. The summed E-state index contributed by atoms with van der Waals surface area (Å²) in [5.74, 6) is -0.577. The molecule has 0 bridgehead atoms. The van der Waals surface area contributed by atoms with Crippen molar-refractivity contribution in [3.63, 3.8) is 0 Å². The third kappa shape index (κ3) is 7.72. The average molecular weight is 522 g/mol. The Morgan fingerprint density at radius 1 is 0.632 bits per heavy atom. The van der Waals surface area contributed by atoms with Crippen molar-refractivity contribution in [2.24, 2.45) is 0 Å². The summed E-state index contributed by atoms with van der Waals surface area (Å²) in [5.41, 5.74) is 0.451. The highest BCUT2D eigenvalue weighted by Crippen LogP contribution is 2.40. The van der Waals surface area contributed by atoms with Gasteiger partial charge in [-0.15, -0.1) is 0 Å². The van der Waals surface area contributed by atoms with E-state index in [2.05, 4.69) is 22.6 Å². The molecule has 0 saturated heterocycles. The van der Waals surface area contributed by atoms with Gasteiger partial charge in [0.2, 0.25) is 0 Å². The molecule has 194 valence electrons. The summed E-state index contributed by atoms with van der Waals surface area (Å²) in [6, 6.07) is 16.4. The number of hydrogen-bond acceptors (Lipinski definition) is 6. The summed E-state index contributed by atoms with van der Waals surface area (Å²) in [6.45, 7) is 6.51. The first-order valence-corrected chi connectivity index (χ1v) is 10.9. The topological polar surface area (TPSA) is 71.1 Å². The molecule has 6 nitrogen and oxygen atoms in total. The molecule has 3 aromatic rings. The second-order valence-electron chi connectivity index (χ2n) is 7.37. The minimum Gasteiger partial charge on any atom is -0.462 e. The van der Waals surface area contributed by atoms with Crippen LogP contribution in [0.25, 0.3) is 22.3 Å². The van der Waals surface area contributed by atoms with E-state index in [1.807, 2.05) is 0 Å². The van der Waals surface area contributed by atoms with Crippen molar-refractivity contribution in [2.75, 3.05) is 0 Å². The number of halogens is 3. The zero-order valence-electron chi connectivity index (χ0n) is 19.8. The molecule has 9 heteroatoms. The smallest absolute Gasteiger partial charge is 0.417 e. The van der Waals surface area contributed by atoms with Crippen LogP contribution in [0.2, 0.25) is 0 Å². The second-order valence-corrected chi connectivity index (χ2v) is 7.37. The molecule has 3 rings (SSSR count). The number of alkyl halides is 3. The van der Waals surface area contributed by atoms with Crippen LogP contribution in [0.3, 0.4) is 0 Å². The van der Waals surface area contributed by atoms with Gasteiger partial charge in [0.1, 0.15) is 36.5 Å². The highest BCUT2D eigenvalue weighted by molar-refractivity contribution is 5.82. The van der Waals surface area contributed by atoms with Crippen LogP contribution in [0.1, 0.15) is 5.56 Å². The summed E-state index contributed by atoms with van der Waals surface area (Å²) in [7, 11) is 0. The van der Waals surface area contributed by atoms with Gasteiger partial charge in [0.15, 0.2) is 0 Å². The molecule has 0 saturated carbocycles. The molecule has 0 aliphatic carbocycles. The van der Waals surface area contributed by atoms with Crippen LogP contribution in [0.5, 0.6) is 11.5 Å². The van der Waals surface area contributed by atoms with Gasteiger partial charge in [0.25, 0.3) is 0 Å². The molecule has 0 atom stereocenters. The van der Waals surface area contributed by atoms with Crippen molar-refractivity contribution in [3.8, 4) is 33.8 Å². The van der Waals surface area contributed by atoms with Crippen molar-refractivity contribution in [1.29, 1.82) is 0 Å². The summed E-state index contributed by atoms with van der Waals surface area (Å²) in [5, 5.41) is 0. The summed E-state index contributed by atoms with van der Waals surface area (Å²) in [6.07, 6.45) is 1.72. The lowest BCUT2D eigenvalue weighted by atomic mass is 9.94. The van der Waals surface area contributed by atoms with Crippen LogP contribution in [0, 0.1) is 0 Å². The fraction of sp³-hybridized carbons (Fsp3) is 0.0345. The lowest BCUT2D eigenvalue weighted by Crippen LogP contribution is -2.07. The van der Waals surface area contributed by atoms with Crippen LogP contribution >= 0.6 is 0 Å². The number of hydrogen-bond donors (Lipinski definition) is 0. The third-order valence-electron chi connectivity index (χ3n) is 4.90. The highest BCUT2D eigenvalue weighted by Gasteiger charge is 2.34. The SMILES string of the molecule is C=CC(=O)OC=COc1ccc(-c2ccc(-c3ccc(OC=COC(=O)C=C)cc3)c(C(F)(F)F)c2)cc1. The van der Waals surface area contributed by atoms with Crippen LogP contribution < -0.4 is 9.47 Å². The number of benzene rings is 3. The van der Waals surface area contributed by atoms with Crippen LogP contribution in [0.15, 0.2) is 117 Å². The van der Waals surface area contributed by atoms with Crippen molar-refractivity contribution >= 4 is 11.9 Å². The molecule has 0 unspecified atom stereocenters. The average Bonchev–Trinajstić information content (AvgIpc) is 2.93. The number of rotatable bonds is 10. The zero-order chi connectivity index (χ0) is 27.5. The minimum atomic E-state index is -4.60. The minimum absolute atomic E-state index is 0.00224. The van der Waals surface area contributed by atoms with E-state index in [9.17, 15) is 22.8 Å². The molecule has 0 aliphatic heterocycles. The maximum Gasteiger partial charge on any atom is 0.417 e. The fourth-order valence-electron chi connectivity index (χ4n) is 3.15. The molecule has 3 aromatic carbocycles. The van der Waals surface area contributed by atoms with Gasteiger partial charge in [-0.2, -0.15) is 13.2 Å². The van der Waals surface area contributed by atoms with Crippen LogP contribution in [-0.2, 0) is 25.2 Å². The summed E-state index contributed by atoms with van der Waals surface area (Å²) >= 11 is 0. The largest absolute Gasteiger partial charge is 0.462 e. The molecule has 0 N–H and O–H groups in total. The Morgan fingerprint density at radius 2 is 1.08 bits per heavy atom. The number of carbonyl (C=O) groups is 2. The van der Waals surface area contributed by atoms with E-state index >= 15 is 0 Å². The summed E-state index contributed by atoms with van der Waals surface area (Å²) in [4.78, 5) is 22.0. The number of carbonyl (C=O) groups excluding carboxylic acids is 2. The van der Waals surface area contributed by atoms with Crippen molar-refractivity contribution < 1.29 is 41.7 Å². The molecule has 0 fully saturated rings. The van der Waals surface area contributed by atoms with Crippen LogP contribution in [0.4, 0.5) is 13.2 Å². The molecule has 38 heavy (non-hydrogen) atoms. The summed E-state index contributed by atoms with van der Waals surface area (Å²) < 4.78 is 61.8. The Labute approximate surface area is 216 Å². The Balaban J connectivity index is 1.77. The zero-order valence-corrected chi connectivity index (χ0v) is 19.8. The molecule has 0 heterocycles. The van der Waals surface area contributed by atoms with E-state index in [1.54, 1.807) is 30.3 Å². The fourth-order valence-corrected chi connectivity index (χ4v) is 3.15. The van der Waals surface area contributed by atoms with E-state index in [1.165, 1.54) is 30.3 Å². The van der Waals surface area contributed by atoms with Gasteiger partial charge in [-0.3, -0.25) is 0 Å². The van der Waals surface area contributed by atoms with Gasteiger partial charge in [-0.05, 0) is 52.6 Å². The molecular formula is C29H21F3O6. The quantitative estimate of drug-likeness (QED) is 0.159. The first-order chi connectivity index (χ1) is 18.2. The maximum absolute atomic E-state index is 14.0. The van der Waals surface area contributed by atoms with Gasteiger partial charge in [-0.25, -0.2) is 9.59 Å². The maximum atomic E-state index is 14.0. The molecule has 0 aromatic heterocycles. The van der Waals surface area contributed by atoms with Gasteiger partial charge in [0, 0.05) is 12.2 Å². The first-order valence-electron chi connectivity index (χ1n) is 10.9. The molecule has 0 aliphatic rings. The van der Waals surface area contributed by atoms with Crippen LogP contribution in [-0.4, -0.2) is 11.9 Å². The van der Waals surface area contributed by atoms with Crippen molar-refractivity contribution in [1.82, 2.24) is 0 Å². The molecule has 0 spiro atoms. The van der Waals surface area contributed by atoms with Gasteiger partial charge in [0.05, 0.1) is 5.56 Å². The standard InChI is InChI=1S/C29H21F3O6/c1-3-27(33)37-17-15-35-23-10-5-20(6-11-23)22-9-14-25(26(19-22)29(30,31)32)21-7-12-24(13-8-21)36-16-18-38-28(34)4-2/h3-19H,1-2H2. The van der Waals surface area contributed by atoms with Gasteiger partial charge in [-0.1, -0.05) is 49.6 Å². The Bertz CT molecular complexity index is 1350. The van der Waals surface area contributed by atoms with Gasteiger partial charge >= 0.3 is 18.1 Å². The van der Waals surface area contributed by atoms with E-state index in [4.69, 9.17) is 9.47 Å². The molecular weight excluding hydrogens is 501 g/mol. The lowest BCUT2D eigenvalue weighted by Gasteiger charge is -2.15. The third-order valence-corrected chi connectivity index (χ3v) is 4.90. The molecule has 0 amide bonds. The van der Waals surface area contributed by atoms with Crippen molar-refractivity contribution in [2.45, 2.75) is 6.18 Å². The predicted molar refractivity (Wildman–Crippen MR) is 134 cm³/mol. The predicted octanol–water partition coefficient (Wildman–Crippen LogP) is 7.20. The van der Waals surface area contributed by atoms with Gasteiger partial charge < -0.3 is 18.9 Å². The molecule has 0 radical (unpaired) electrons. The second kappa shape index (κ2) is 12.8. The van der Waals surface area contributed by atoms with E-state index in [-0.39, 0.29) is 5.56 Å². The number of esters is 2.